The Morgan fingerprint density at radius 2 is 1.77 bits per heavy atom. The van der Waals surface area contributed by atoms with Crippen molar-refractivity contribution in [3.05, 3.63) is 0 Å². The van der Waals surface area contributed by atoms with Gasteiger partial charge < -0.3 is 9.64 Å². The molecule has 1 heterocycles. The Balaban J connectivity index is 2.36. The average Bonchev–Trinajstić information content (AvgIpc) is 2.53. The number of carbonyl (C=O) groups excluding carboxylic acids is 1. The molecule has 1 aliphatic heterocycles. The SMILES string of the molecule is CC(C)OC(C)C(=O)N1CCCC1. The molecule has 1 unspecified atom stereocenters. The van der Waals surface area contributed by atoms with E-state index in [1.54, 1.807) is 0 Å². The van der Waals surface area contributed by atoms with Gasteiger partial charge in [0.2, 0.25) is 0 Å². The molecule has 0 radical (unpaired) electrons. The van der Waals surface area contributed by atoms with Gasteiger partial charge in [0, 0.05) is 13.1 Å². The normalized spacial score (nSPS) is 19.5. The number of rotatable bonds is 3. The summed E-state index contributed by atoms with van der Waals surface area (Å²) in [4.78, 5) is 13.6. The Morgan fingerprint density at radius 1 is 1.23 bits per heavy atom. The highest BCUT2D eigenvalue weighted by atomic mass is 16.5. The molecule has 0 bridgehead atoms. The number of nitrogens with zero attached hydrogens (tertiary/aromatic N) is 1. The molecule has 76 valence electrons. The van der Waals surface area contributed by atoms with E-state index >= 15 is 0 Å². The number of likely N-dealkylation sites (tertiary alicyclic amines) is 1. The summed E-state index contributed by atoms with van der Waals surface area (Å²) in [7, 11) is 0. The van der Waals surface area contributed by atoms with E-state index in [4.69, 9.17) is 4.74 Å². The zero-order chi connectivity index (χ0) is 9.84. The summed E-state index contributed by atoms with van der Waals surface area (Å²) < 4.78 is 5.43. The van der Waals surface area contributed by atoms with Crippen molar-refractivity contribution in [2.24, 2.45) is 0 Å². The number of carbonyl (C=O) groups is 1. The number of amides is 1. The minimum atomic E-state index is -0.280. The summed E-state index contributed by atoms with van der Waals surface area (Å²) in [6.07, 6.45) is 2.12. The van der Waals surface area contributed by atoms with Crippen molar-refractivity contribution in [3.8, 4) is 0 Å². The second kappa shape index (κ2) is 4.61. The molecular weight excluding hydrogens is 166 g/mol. The summed E-state index contributed by atoms with van der Waals surface area (Å²) in [6, 6.07) is 0. The highest BCUT2D eigenvalue weighted by molar-refractivity contribution is 5.80. The second-order valence-corrected chi connectivity index (χ2v) is 3.86. The van der Waals surface area contributed by atoms with Crippen LogP contribution in [0.5, 0.6) is 0 Å². The van der Waals surface area contributed by atoms with E-state index in [0.717, 1.165) is 25.9 Å². The maximum Gasteiger partial charge on any atom is 0.251 e. The first-order chi connectivity index (χ1) is 6.11. The molecule has 0 saturated carbocycles. The maximum atomic E-state index is 11.7. The van der Waals surface area contributed by atoms with Crippen molar-refractivity contribution in [2.45, 2.75) is 45.8 Å². The highest BCUT2D eigenvalue weighted by Gasteiger charge is 2.23. The summed E-state index contributed by atoms with van der Waals surface area (Å²) in [5.41, 5.74) is 0. The molecule has 1 atom stereocenters. The van der Waals surface area contributed by atoms with Crippen molar-refractivity contribution in [2.75, 3.05) is 13.1 Å². The van der Waals surface area contributed by atoms with Gasteiger partial charge >= 0.3 is 0 Å². The van der Waals surface area contributed by atoms with Crippen molar-refractivity contribution in [1.82, 2.24) is 4.90 Å². The lowest BCUT2D eigenvalue weighted by atomic mass is 10.3. The molecule has 1 rings (SSSR count). The fourth-order valence-electron chi connectivity index (χ4n) is 1.66. The molecule has 0 spiro atoms. The summed E-state index contributed by atoms with van der Waals surface area (Å²) in [6.45, 7) is 7.55. The van der Waals surface area contributed by atoms with E-state index in [-0.39, 0.29) is 18.1 Å². The zero-order valence-electron chi connectivity index (χ0n) is 8.75. The van der Waals surface area contributed by atoms with Crippen LogP contribution in [0, 0.1) is 0 Å². The maximum absolute atomic E-state index is 11.7. The molecule has 1 aliphatic rings. The van der Waals surface area contributed by atoms with Gasteiger partial charge in [-0.2, -0.15) is 0 Å². The molecule has 0 aromatic carbocycles. The van der Waals surface area contributed by atoms with Crippen LogP contribution in [0.25, 0.3) is 0 Å². The Morgan fingerprint density at radius 3 is 2.23 bits per heavy atom. The molecule has 0 N–H and O–H groups in total. The van der Waals surface area contributed by atoms with Crippen LogP contribution in [0.2, 0.25) is 0 Å². The monoisotopic (exact) mass is 185 g/mol. The molecule has 3 heteroatoms. The minimum Gasteiger partial charge on any atom is -0.366 e. The van der Waals surface area contributed by atoms with E-state index in [1.165, 1.54) is 0 Å². The quantitative estimate of drug-likeness (QED) is 0.665. The lowest BCUT2D eigenvalue weighted by Gasteiger charge is -2.21. The van der Waals surface area contributed by atoms with Crippen LogP contribution in [-0.2, 0) is 9.53 Å². The van der Waals surface area contributed by atoms with E-state index in [0.29, 0.717) is 0 Å². The van der Waals surface area contributed by atoms with Crippen LogP contribution < -0.4 is 0 Å². The Bertz CT molecular complexity index is 174. The van der Waals surface area contributed by atoms with Crippen molar-refractivity contribution in [1.29, 1.82) is 0 Å². The van der Waals surface area contributed by atoms with Crippen molar-refractivity contribution < 1.29 is 9.53 Å². The molecule has 1 amide bonds. The Labute approximate surface area is 80.1 Å². The molecule has 0 aromatic heterocycles. The van der Waals surface area contributed by atoms with E-state index in [2.05, 4.69) is 0 Å². The van der Waals surface area contributed by atoms with Gasteiger partial charge in [0.25, 0.3) is 5.91 Å². The van der Waals surface area contributed by atoms with Gasteiger partial charge in [0.1, 0.15) is 6.10 Å². The molecule has 0 aromatic rings. The molecule has 1 saturated heterocycles. The summed E-state index contributed by atoms with van der Waals surface area (Å²) in [5.74, 6) is 0.145. The third kappa shape index (κ3) is 2.99. The third-order valence-corrected chi connectivity index (χ3v) is 2.24. The molecule has 1 fully saturated rings. The van der Waals surface area contributed by atoms with Gasteiger partial charge in [-0.05, 0) is 33.6 Å². The van der Waals surface area contributed by atoms with Gasteiger partial charge in [-0.15, -0.1) is 0 Å². The first kappa shape index (κ1) is 10.5. The first-order valence-electron chi connectivity index (χ1n) is 5.05. The number of ether oxygens (including phenoxy) is 1. The lowest BCUT2D eigenvalue weighted by molar-refractivity contribution is -0.144. The fourth-order valence-corrected chi connectivity index (χ4v) is 1.66. The number of hydrogen-bond donors (Lipinski definition) is 0. The van der Waals surface area contributed by atoms with E-state index < -0.39 is 0 Å². The molecule has 0 aliphatic carbocycles. The van der Waals surface area contributed by atoms with Gasteiger partial charge in [-0.25, -0.2) is 0 Å². The summed E-state index contributed by atoms with van der Waals surface area (Å²) >= 11 is 0. The Kier molecular flexibility index (Phi) is 3.72. The van der Waals surface area contributed by atoms with Crippen LogP contribution in [-0.4, -0.2) is 36.1 Å². The Hall–Kier alpha value is -0.570. The summed E-state index contributed by atoms with van der Waals surface area (Å²) in [5, 5.41) is 0. The van der Waals surface area contributed by atoms with Crippen LogP contribution >= 0.6 is 0 Å². The van der Waals surface area contributed by atoms with Crippen LogP contribution in [0.15, 0.2) is 0 Å². The largest absolute Gasteiger partial charge is 0.366 e. The fraction of sp³-hybridized carbons (Fsp3) is 0.900. The number of hydrogen-bond acceptors (Lipinski definition) is 2. The van der Waals surface area contributed by atoms with Gasteiger partial charge in [0.15, 0.2) is 0 Å². The van der Waals surface area contributed by atoms with E-state index in [1.807, 2.05) is 25.7 Å². The topological polar surface area (TPSA) is 29.5 Å². The molecule has 3 nitrogen and oxygen atoms in total. The van der Waals surface area contributed by atoms with Crippen molar-refractivity contribution in [3.63, 3.8) is 0 Å². The zero-order valence-corrected chi connectivity index (χ0v) is 8.75. The minimum absolute atomic E-state index is 0.126. The predicted molar refractivity (Wildman–Crippen MR) is 51.5 cm³/mol. The smallest absolute Gasteiger partial charge is 0.251 e. The average molecular weight is 185 g/mol. The van der Waals surface area contributed by atoms with Gasteiger partial charge in [0.05, 0.1) is 6.10 Å². The third-order valence-electron chi connectivity index (χ3n) is 2.24. The standard InChI is InChI=1S/C10H19NO2/c1-8(2)13-9(3)10(12)11-6-4-5-7-11/h8-9H,4-7H2,1-3H3. The predicted octanol–water partition coefficient (Wildman–Crippen LogP) is 1.42. The van der Waals surface area contributed by atoms with Crippen molar-refractivity contribution >= 4 is 5.91 Å². The van der Waals surface area contributed by atoms with Crippen LogP contribution in [0.1, 0.15) is 33.6 Å². The van der Waals surface area contributed by atoms with Gasteiger partial charge in [-0.3, -0.25) is 4.79 Å². The molecular formula is C10H19NO2. The second-order valence-electron chi connectivity index (χ2n) is 3.86. The van der Waals surface area contributed by atoms with Crippen LogP contribution in [0.3, 0.4) is 0 Å². The van der Waals surface area contributed by atoms with E-state index in [9.17, 15) is 4.79 Å². The lowest BCUT2D eigenvalue weighted by Crippen LogP contribution is -2.38. The first-order valence-corrected chi connectivity index (χ1v) is 5.05. The van der Waals surface area contributed by atoms with Gasteiger partial charge in [-0.1, -0.05) is 0 Å². The molecule has 13 heavy (non-hydrogen) atoms. The highest BCUT2D eigenvalue weighted by Crippen LogP contribution is 2.11. The van der Waals surface area contributed by atoms with Crippen LogP contribution in [0.4, 0.5) is 0 Å².